The Kier molecular flexibility index (Phi) is 6.41. The zero-order valence-electron chi connectivity index (χ0n) is 19.8. The molecule has 0 saturated heterocycles. The van der Waals surface area contributed by atoms with Gasteiger partial charge in [-0.1, -0.05) is 6.92 Å². The molecule has 1 aliphatic heterocycles. The van der Waals surface area contributed by atoms with Crippen LogP contribution in [0.25, 0.3) is 5.70 Å². The molecule has 178 valence electrons. The molecule has 1 aliphatic carbocycles. The largest absolute Gasteiger partial charge is 0.482 e. The van der Waals surface area contributed by atoms with Gasteiger partial charge in [-0.05, 0) is 66.8 Å². The first kappa shape index (κ1) is 23.5. The van der Waals surface area contributed by atoms with Gasteiger partial charge in [0, 0.05) is 54.8 Å². The molecule has 6 N–H and O–H groups in total. The smallest absolute Gasteiger partial charge is 0.166 e. The summed E-state index contributed by atoms with van der Waals surface area (Å²) < 4.78 is 20.4. The quantitative estimate of drug-likeness (QED) is 0.591. The normalized spacial score (nSPS) is 22.3. The van der Waals surface area contributed by atoms with Crippen LogP contribution in [-0.4, -0.2) is 30.5 Å². The molecule has 7 nitrogen and oxygen atoms in total. The number of hydrogen-bond acceptors (Lipinski definition) is 7. The third-order valence-electron chi connectivity index (χ3n) is 6.44. The number of nitrogens with two attached hydrogens (primary N) is 3. The van der Waals surface area contributed by atoms with E-state index in [2.05, 4.69) is 16.9 Å². The van der Waals surface area contributed by atoms with Crippen LogP contribution in [0, 0.1) is 11.2 Å². The number of benzene rings is 1. The van der Waals surface area contributed by atoms with Gasteiger partial charge in [0.05, 0.1) is 5.71 Å². The van der Waals surface area contributed by atoms with Crippen LogP contribution in [0.3, 0.4) is 0 Å². The van der Waals surface area contributed by atoms with Gasteiger partial charge in [-0.15, -0.1) is 0 Å². The second-order valence-corrected chi connectivity index (χ2v) is 9.27. The first-order valence-electron chi connectivity index (χ1n) is 11.3. The average molecular weight is 463 g/mol. The summed E-state index contributed by atoms with van der Waals surface area (Å²) in [6.45, 7) is 4.72. The van der Waals surface area contributed by atoms with Crippen molar-refractivity contribution in [3.05, 3.63) is 70.3 Å². The van der Waals surface area contributed by atoms with Crippen molar-refractivity contribution in [1.29, 1.82) is 0 Å². The van der Waals surface area contributed by atoms with E-state index in [9.17, 15) is 4.39 Å². The molecule has 1 atom stereocenters. The molecule has 1 unspecified atom stereocenters. The molecule has 4 rings (SSSR count). The minimum atomic E-state index is -0.543. The van der Waals surface area contributed by atoms with E-state index in [1.165, 1.54) is 12.1 Å². The van der Waals surface area contributed by atoms with E-state index in [1.54, 1.807) is 31.7 Å². The highest BCUT2D eigenvalue weighted by Gasteiger charge is 2.37. The van der Waals surface area contributed by atoms with E-state index in [4.69, 9.17) is 26.9 Å². The standard InChI is InChI=1S/C26H31FN6O/c1-15-21-10-19(27)4-5-20(21)23(29)17(12-31-3)8-16(11-28)24(33-14-26(2)6-7-26)18-9-22(34-15)25(30)32-13-18/h4-5,9-13,15H,6-8,14,28-29H2,1-3H3,(H2,30,32). The molecule has 2 bridgehead atoms. The molecule has 8 heteroatoms. The topological polar surface area (TPSA) is 125 Å². The summed E-state index contributed by atoms with van der Waals surface area (Å²) in [5.41, 5.74) is 23.8. The molecular formula is C26H31FN6O. The van der Waals surface area contributed by atoms with Gasteiger partial charge in [0.1, 0.15) is 11.9 Å². The molecule has 2 aromatic rings. The monoisotopic (exact) mass is 462 g/mol. The highest BCUT2D eigenvalue weighted by atomic mass is 19.1. The van der Waals surface area contributed by atoms with E-state index < -0.39 is 6.10 Å². The van der Waals surface area contributed by atoms with E-state index in [0.717, 1.165) is 35.3 Å². The SMILES string of the molecule is CN=CC1=C(N)c2ccc(F)cc2C(C)Oc2cc(cnc2N)C(=NCC2(C)CC2)C(=CN)C1. The lowest BCUT2D eigenvalue weighted by Crippen LogP contribution is -2.17. The van der Waals surface area contributed by atoms with Crippen molar-refractivity contribution in [1.82, 2.24) is 4.98 Å². The fourth-order valence-corrected chi connectivity index (χ4v) is 4.03. The molecule has 1 saturated carbocycles. The number of nitrogens with zero attached hydrogens (tertiary/aromatic N) is 3. The number of halogens is 1. The highest BCUT2D eigenvalue weighted by Crippen LogP contribution is 2.45. The Labute approximate surface area is 199 Å². The maximum Gasteiger partial charge on any atom is 0.166 e. The fraction of sp³-hybridized carbons (Fsp3) is 0.346. The van der Waals surface area contributed by atoms with Gasteiger partial charge >= 0.3 is 0 Å². The van der Waals surface area contributed by atoms with E-state index >= 15 is 0 Å². The van der Waals surface area contributed by atoms with Gasteiger partial charge in [-0.3, -0.25) is 9.98 Å². The van der Waals surface area contributed by atoms with Crippen LogP contribution in [0.4, 0.5) is 10.2 Å². The summed E-state index contributed by atoms with van der Waals surface area (Å²) in [7, 11) is 1.68. The Morgan fingerprint density at radius 3 is 2.71 bits per heavy atom. The number of fused-ring (bicyclic) bond motifs is 3. The Bertz CT molecular complexity index is 1230. The Morgan fingerprint density at radius 1 is 1.26 bits per heavy atom. The molecule has 1 aromatic heterocycles. The zero-order chi connectivity index (χ0) is 24.5. The van der Waals surface area contributed by atoms with Gasteiger partial charge in [-0.25, -0.2) is 9.37 Å². The zero-order valence-corrected chi connectivity index (χ0v) is 19.8. The Morgan fingerprint density at radius 2 is 2.03 bits per heavy atom. The number of allylic oxidation sites excluding steroid dienone is 2. The minimum Gasteiger partial charge on any atom is -0.482 e. The lowest BCUT2D eigenvalue weighted by molar-refractivity contribution is 0.226. The summed E-state index contributed by atoms with van der Waals surface area (Å²) in [4.78, 5) is 13.5. The number of rotatable bonds is 3. The van der Waals surface area contributed by atoms with Crippen molar-refractivity contribution in [3.8, 4) is 5.75 Å². The number of aliphatic imine (C=N–C) groups is 2. The van der Waals surface area contributed by atoms with Crippen molar-refractivity contribution in [2.45, 2.75) is 39.2 Å². The summed E-state index contributed by atoms with van der Waals surface area (Å²) in [5, 5.41) is 0. The third kappa shape index (κ3) is 4.81. The maximum absolute atomic E-state index is 14.2. The number of aromatic nitrogens is 1. The first-order chi connectivity index (χ1) is 16.2. The summed E-state index contributed by atoms with van der Waals surface area (Å²) in [6.07, 6.45) is 7.05. The number of pyridine rings is 1. The van der Waals surface area contributed by atoms with Crippen LogP contribution in [0.15, 0.2) is 57.8 Å². The van der Waals surface area contributed by atoms with Crippen LogP contribution in [0.5, 0.6) is 5.75 Å². The lowest BCUT2D eigenvalue weighted by atomic mass is 9.92. The molecule has 1 aromatic carbocycles. The van der Waals surface area contributed by atoms with Crippen molar-refractivity contribution >= 4 is 23.4 Å². The fourth-order valence-electron chi connectivity index (χ4n) is 4.03. The highest BCUT2D eigenvalue weighted by molar-refractivity contribution is 6.14. The first-order valence-corrected chi connectivity index (χ1v) is 11.3. The third-order valence-corrected chi connectivity index (χ3v) is 6.44. The van der Waals surface area contributed by atoms with Crippen molar-refractivity contribution in [3.63, 3.8) is 0 Å². The summed E-state index contributed by atoms with van der Waals surface area (Å²) in [6, 6.07) is 6.28. The molecular weight excluding hydrogens is 431 g/mol. The van der Waals surface area contributed by atoms with Crippen LogP contribution in [-0.2, 0) is 0 Å². The predicted octanol–water partition coefficient (Wildman–Crippen LogP) is 4.15. The Hall–Kier alpha value is -3.68. The predicted molar refractivity (Wildman–Crippen MR) is 135 cm³/mol. The minimum absolute atomic E-state index is 0.205. The molecule has 2 aliphatic rings. The summed E-state index contributed by atoms with van der Waals surface area (Å²) >= 11 is 0. The van der Waals surface area contributed by atoms with Crippen molar-refractivity contribution in [2.24, 2.45) is 26.9 Å². The van der Waals surface area contributed by atoms with Crippen molar-refractivity contribution in [2.75, 3.05) is 19.3 Å². The van der Waals surface area contributed by atoms with E-state index in [1.807, 2.05) is 13.0 Å². The number of hydrogen-bond donors (Lipinski definition) is 3. The molecule has 2 heterocycles. The number of ether oxygens (including phenoxy) is 1. The van der Waals surface area contributed by atoms with Crippen LogP contribution >= 0.6 is 0 Å². The summed E-state index contributed by atoms with van der Waals surface area (Å²) in [5.74, 6) is 0.241. The lowest BCUT2D eigenvalue weighted by Gasteiger charge is -2.23. The number of nitrogen functional groups attached to an aromatic ring is 1. The van der Waals surface area contributed by atoms with Gasteiger partial charge in [0.2, 0.25) is 0 Å². The molecule has 34 heavy (non-hydrogen) atoms. The molecule has 0 spiro atoms. The molecule has 0 radical (unpaired) electrons. The van der Waals surface area contributed by atoms with Gasteiger partial charge < -0.3 is 21.9 Å². The number of anilines is 1. The molecule has 0 amide bonds. The average Bonchev–Trinajstić information content (AvgIpc) is 3.55. The van der Waals surface area contributed by atoms with Crippen LogP contribution < -0.4 is 21.9 Å². The maximum atomic E-state index is 14.2. The van der Waals surface area contributed by atoms with Crippen LogP contribution in [0.1, 0.15) is 55.9 Å². The second-order valence-electron chi connectivity index (χ2n) is 9.27. The van der Waals surface area contributed by atoms with Gasteiger partial charge in [0.15, 0.2) is 11.6 Å². The van der Waals surface area contributed by atoms with E-state index in [-0.39, 0.29) is 17.1 Å². The Balaban J connectivity index is 1.95. The van der Waals surface area contributed by atoms with Gasteiger partial charge in [0.25, 0.3) is 0 Å². The molecule has 1 fully saturated rings. The van der Waals surface area contributed by atoms with Crippen molar-refractivity contribution < 1.29 is 9.13 Å². The van der Waals surface area contributed by atoms with Crippen LogP contribution in [0.2, 0.25) is 0 Å². The van der Waals surface area contributed by atoms with Gasteiger partial charge in [-0.2, -0.15) is 0 Å². The second kappa shape index (κ2) is 9.29. The van der Waals surface area contributed by atoms with E-state index in [0.29, 0.717) is 35.5 Å².